The first kappa shape index (κ1) is 31.1. The average molecular weight is 672 g/mol. The number of aromatic nitrogens is 5. The van der Waals surface area contributed by atoms with Gasteiger partial charge in [-0.25, -0.2) is 19.7 Å². The summed E-state index contributed by atoms with van der Waals surface area (Å²) in [6.07, 6.45) is 0. The van der Waals surface area contributed by atoms with Gasteiger partial charge < -0.3 is 0 Å². The minimum Gasteiger partial charge on any atom is -0.295 e. The lowest BCUT2D eigenvalue weighted by molar-refractivity contribution is 0.795. The van der Waals surface area contributed by atoms with Crippen molar-refractivity contribution in [1.82, 2.24) is 24.1 Å². The zero-order valence-corrected chi connectivity index (χ0v) is 28.7. The molecule has 0 bridgehead atoms. The third kappa shape index (κ3) is 5.47. The zero-order valence-electron chi connectivity index (χ0n) is 28.7. The fourth-order valence-electron chi connectivity index (χ4n) is 7.07. The second-order valence-corrected chi connectivity index (χ2v) is 13.0. The molecule has 0 aliphatic rings. The van der Waals surface area contributed by atoms with Crippen molar-refractivity contribution in [2.75, 3.05) is 0 Å². The summed E-state index contributed by atoms with van der Waals surface area (Å²) in [7, 11) is 3.60. The Morgan fingerprint density at radius 1 is 0.365 bits per heavy atom. The van der Waals surface area contributed by atoms with Gasteiger partial charge in [-0.1, -0.05) is 152 Å². The van der Waals surface area contributed by atoms with Gasteiger partial charge in [-0.15, -0.1) is 0 Å². The van der Waals surface area contributed by atoms with Gasteiger partial charge in [0.25, 0.3) is 0 Å². The van der Waals surface area contributed by atoms with Crippen LogP contribution in [0.15, 0.2) is 169 Å². The molecule has 0 fully saturated rings. The molecule has 0 unspecified atom stereocenters. The number of benzene rings is 7. The molecule has 2 heterocycles. The maximum Gasteiger partial charge on any atom is 0.328 e. The lowest BCUT2D eigenvalue weighted by Gasteiger charge is -2.13. The number of fused-ring (bicyclic) bond motifs is 2. The van der Waals surface area contributed by atoms with Crippen LogP contribution in [-0.4, -0.2) is 24.1 Å². The maximum absolute atomic E-state index is 12.5. The first-order chi connectivity index (χ1) is 25.5. The molecule has 0 amide bonds. The van der Waals surface area contributed by atoms with Gasteiger partial charge >= 0.3 is 5.69 Å². The first-order valence-electron chi connectivity index (χ1n) is 17.3. The van der Waals surface area contributed by atoms with Gasteiger partial charge in [-0.3, -0.25) is 9.13 Å². The van der Waals surface area contributed by atoms with Crippen LogP contribution in [0.2, 0.25) is 0 Å². The summed E-state index contributed by atoms with van der Waals surface area (Å²) in [4.78, 5) is 27.4. The molecule has 0 aliphatic heterocycles. The van der Waals surface area contributed by atoms with E-state index >= 15 is 0 Å². The summed E-state index contributed by atoms with van der Waals surface area (Å²) in [5.74, 6) is 1.83. The predicted octanol–water partition coefficient (Wildman–Crippen LogP) is 10.2. The van der Waals surface area contributed by atoms with Crippen LogP contribution in [0.1, 0.15) is 0 Å². The standard InChI is InChI=1S/C46H33N5O/c1-50-41-28-25-36(29-42(41)51(2)46(50)52)30-17-21-34(22-18-30)44-47-43(33-13-7-4-8-14-33)48-45(49-44)35-23-19-32(20-24-35)38-27-26-37(31-11-5-3-6-12-31)39-15-9-10-16-40(38)39/h3-29H,1-2H3. The second-order valence-electron chi connectivity index (χ2n) is 13.0. The molecular weight excluding hydrogens is 639 g/mol. The van der Waals surface area contributed by atoms with Gasteiger partial charge in [0.15, 0.2) is 17.5 Å². The summed E-state index contributed by atoms with van der Waals surface area (Å²) in [6, 6.07) is 56.4. The van der Waals surface area contributed by atoms with Crippen molar-refractivity contribution < 1.29 is 0 Å². The highest BCUT2D eigenvalue weighted by Crippen LogP contribution is 2.36. The molecule has 9 aromatic rings. The highest BCUT2D eigenvalue weighted by atomic mass is 16.1. The predicted molar refractivity (Wildman–Crippen MR) is 212 cm³/mol. The van der Waals surface area contributed by atoms with E-state index in [0.29, 0.717) is 17.5 Å². The highest BCUT2D eigenvalue weighted by Gasteiger charge is 2.15. The average Bonchev–Trinajstić information content (AvgIpc) is 3.43. The van der Waals surface area contributed by atoms with Crippen LogP contribution in [0.4, 0.5) is 0 Å². The minimum atomic E-state index is -0.0389. The largest absolute Gasteiger partial charge is 0.328 e. The molecule has 0 atom stereocenters. The number of imidazole rings is 1. The Kier molecular flexibility index (Phi) is 7.63. The molecule has 0 aliphatic carbocycles. The Bertz CT molecular complexity index is 2800. The summed E-state index contributed by atoms with van der Waals surface area (Å²) in [5.41, 5.74) is 11.3. The Labute approximate surface area is 301 Å². The van der Waals surface area contributed by atoms with Crippen LogP contribution in [0.5, 0.6) is 0 Å². The molecule has 2 aromatic heterocycles. The van der Waals surface area contributed by atoms with E-state index in [-0.39, 0.29) is 5.69 Å². The molecule has 6 nitrogen and oxygen atoms in total. The van der Waals surface area contributed by atoms with E-state index in [4.69, 9.17) is 15.0 Å². The SMILES string of the molecule is Cn1c(=O)n(C)c2cc(-c3ccc(-c4nc(-c5ccccc5)nc(-c5ccc(-c6ccc(-c7ccccc7)c7ccccc67)cc5)n4)cc3)ccc21. The van der Waals surface area contributed by atoms with Crippen molar-refractivity contribution in [3.63, 3.8) is 0 Å². The minimum absolute atomic E-state index is 0.0389. The number of nitrogens with zero attached hydrogens (tertiary/aromatic N) is 5. The van der Waals surface area contributed by atoms with Crippen molar-refractivity contribution in [3.8, 4) is 67.5 Å². The molecule has 52 heavy (non-hydrogen) atoms. The van der Waals surface area contributed by atoms with E-state index in [9.17, 15) is 4.79 Å². The Morgan fingerprint density at radius 3 is 1.29 bits per heavy atom. The molecule has 0 spiro atoms. The smallest absolute Gasteiger partial charge is 0.295 e. The van der Waals surface area contributed by atoms with Crippen molar-refractivity contribution in [2.24, 2.45) is 14.1 Å². The van der Waals surface area contributed by atoms with Gasteiger partial charge in [-0.2, -0.15) is 0 Å². The molecule has 6 heteroatoms. The van der Waals surface area contributed by atoms with Crippen LogP contribution in [0, 0.1) is 0 Å². The van der Waals surface area contributed by atoms with E-state index < -0.39 is 0 Å². The van der Waals surface area contributed by atoms with Crippen LogP contribution >= 0.6 is 0 Å². The van der Waals surface area contributed by atoms with Crippen molar-refractivity contribution in [3.05, 3.63) is 174 Å². The molecule has 248 valence electrons. The van der Waals surface area contributed by atoms with Crippen molar-refractivity contribution in [1.29, 1.82) is 0 Å². The number of hydrogen-bond acceptors (Lipinski definition) is 4. The van der Waals surface area contributed by atoms with Gasteiger partial charge in [-0.05, 0) is 56.3 Å². The monoisotopic (exact) mass is 671 g/mol. The summed E-state index contributed by atoms with van der Waals surface area (Å²) in [6.45, 7) is 0. The molecule has 0 radical (unpaired) electrons. The topological polar surface area (TPSA) is 65.6 Å². The highest BCUT2D eigenvalue weighted by molar-refractivity contribution is 6.05. The fourth-order valence-corrected chi connectivity index (χ4v) is 7.07. The van der Waals surface area contributed by atoms with E-state index in [0.717, 1.165) is 44.4 Å². The lowest BCUT2D eigenvalue weighted by Crippen LogP contribution is -2.19. The Morgan fingerprint density at radius 2 is 0.750 bits per heavy atom. The van der Waals surface area contributed by atoms with E-state index in [1.54, 1.807) is 23.2 Å². The van der Waals surface area contributed by atoms with Crippen molar-refractivity contribution >= 4 is 21.8 Å². The third-order valence-corrected chi connectivity index (χ3v) is 9.88. The van der Waals surface area contributed by atoms with Gasteiger partial charge in [0.2, 0.25) is 0 Å². The van der Waals surface area contributed by atoms with E-state index in [1.807, 2.05) is 48.5 Å². The van der Waals surface area contributed by atoms with E-state index in [2.05, 4.69) is 115 Å². The summed E-state index contributed by atoms with van der Waals surface area (Å²) in [5, 5.41) is 2.43. The fraction of sp³-hybridized carbons (Fsp3) is 0.0435. The maximum atomic E-state index is 12.5. The zero-order chi connectivity index (χ0) is 35.2. The van der Waals surface area contributed by atoms with Gasteiger partial charge in [0, 0.05) is 30.8 Å². The van der Waals surface area contributed by atoms with E-state index in [1.165, 1.54) is 27.5 Å². The summed E-state index contributed by atoms with van der Waals surface area (Å²) < 4.78 is 3.35. The number of rotatable bonds is 6. The van der Waals surface area contributed by atoms with Crippen LogP contribution in [-0.2, 0) is 14.1 Å². The molecule has 9 rings (SSSR count). The number of hydrogen-bond donors (Lipinski definition) is 0. The Hall–Kier alpha value is -6.92. The lowest BCUT2D eigenvalue weighted by atomic mass is 9.92. The molecule has 0 saturated heterocycles. The van der Waals surface area contributed by atoms with Crippen molar-refractivity contribution in [2.45, 2.75) is 0 Å². The molecule has 7 aromatic carbocycles. The first-order valence-corrected chi connectivity index (χ1v) is 17.3. The second kappa shape index (κ2) is 12.8. The molecule has 0 N–H and O–H groups in total. The van der Waals surface area contributed by atoms with Crippen LogP contribution in [0.3, 0.4) is 0 Å². The molecule has 0 saturated carbocycles. The van der Waals surface area contributed by atoms with Crippen LogP contribution < -0.4 is 5.69 Å². The normalized spacial score (nSPS) is 11.3. The summed E-state index contributed by atoms with van der Waals surface area (Å²) >= 11 is 0. The van der Waals surface area contributed by atoms with Gasteiger partial charge in [0.05, 0.1) is 11.0 Å². The third-order valence-electron chi connectivity index (χ3n) is 9.88. The Balaban J connectivity index is 1.08. The van der Waals surface area contributed by atoms with Gasteiger partial charge in [0.1, 0.15) is 0 Å². The van der Waals surface area contributed by atoms with Crippen LogP contribution in [0.25, 0.3) is 89.4 Å². The number of aryl methyl sites for hydroxylation is 2. The quantitative estimate of drug-likeness (QED) is 0.177. The molecular formula is C46H33N5O.